The van der Waals surface area contributed by atoms with Crippen LogP contribution in [0.25, 0.3) is 6.08 Å². The van der Waals surface area contributed by atoms with Gasteiger partial charge >= 0.3 is 0 Å². The van der Waals surface area contributed by atoms with Gasteiger partial charge < -0.3 is 25.0 Å². The van der Waals surface area contributed by atoms with Crippen LogP contribution in [0.1, 0.15) is 31.9 Å². The molecule has 3 aromatic rings. The Hall–Kier alpha value is -4.59. The number of ether oxygens (including phenoxy) is 2. The molecule has 8 nitrogen and oxygen atoms in total. The van der Waals surface area contributed by atoms with Crippen molar-refractivity contribution in [2.75, 3.05) is 30.3 Å². The maximum Gasteiger partial charge on any atom is 0.247 e. The maximum absolute atomic E-state index is 12.8. The van der Waals surface area contributed by atoms with Gasteiger partial charge in [0.1, 0.15) is 13.2 Å². The highest BCUT2D eigenvalue weighted by Gasteiger charge is 2.14. The number of rotatable bonds is 12. The first-order chi connectivity index (χ1) is 18.4. The molecule has 3 rings (SSSR count). The summed E-state index contributed by atoms with van der Waals surface area (Å²) in [6.07, 6.45) is 3.13. The van der Waals surface area contributed by atoms with Crippen LogP contribution in [0.3, 0.4) is 0 Å². The summed E-state index contributed by atoms with van der Waals surface area (Å²) >= 11 is 0. The molecule has 0 heterocycles. The van der Waals surface area contributed by atoms with Crippen LogP contribution in [0, 0.1) is 0 Å². The molecule has 3 aromatic carbocycles. The lowest BCUT2D eigenvalue weighted by Gasteiger charge is -2.18. The molecule has 0 fully saturated rings. The van der Waals surface area contributed by atoms with Gasteiger partial charge in [0, 0.05) is 30.9 Å². The minimum Gasteiger partial charge on any atom is -0.490 e. The highest BCUT2D eigenvalue weighted by atomic mass is 16.5. The number of likely N-dealkylation sites (N-methyl/N-ethyl adjacent to an activating group) is 1. The number of anilines is 2. The zero-order valence-corrected chi connectivity index (χ0v) is 21.9. The first-order valence-electron chi connectivity index (χ1n) is 12.5. The van der Waals surface area contributed by atoms with Crippen LogP contribution in [0.2, 0.25) is 0 Å². The summed E-state index contributed by atoms with van der Waals surface area (Å²) in [5.74, 6) is 0.434. The number of amides is 3. The second-order valence-corrected chi connectivity index (χ2v) is 8.41. The number of benzene rings is 3. The lowest BCUT2D eigenvalue weighted by molar-refractivity contribution is -0.130. The number of nitrogens with zero attached hydrogens (tertiary/aromatic N) is 1. The first kappa shape index (κ1) is 28.0. The van der Waals surface area contributed by atoms with Crippen LogP contribution in [0.5, 0.6) is 11.5 Å². The van der Waals surface area contributed by atoms with Gasteiger partial charge in [-0.15, -0.1) is 0 Å². The Morgan fingerprint density at radius 1 is 0.842 bits per heavy atom. The van der Waals surface area contributed by atoms with E-state index in [4.69, 9.17) is 9.47 Å². The second-order valence-electron chi connectivity index (χ2n) is 8.41. The summed E-state index contributed by atoms with van der Waals surface area (Å²) in [4.78, 5) is 37.9. The summed E-state index contributed by atoms with van der Waals surface area (Å²) < 4.78 is 11.7. The molecule has 0 atom stereocenters. The molecule has 3 amide bonds. The van der Waals surface area contributed by atoms with E-state index < -0.39 is 0 Å². The van der Waals surface area contributed by atoms with Crippen LogP contribution in [0.4, 0.5) is 11.4 Å². The Bertz CT molecular complexity index is 1260. The van der Waals surface area contributed by atoms with Crippen LogP contribution in [0.15, 0.2) is 78.9 Å². The molecule has 0 aliphatic heterocycles. The third-order valence-corrected chi connectivity index (χ3v) is 5.44. The molecular weight excluding hydrogens is 482 g/mol. The van der Waals surface area contributed by atoms with Gasteiger partial charge in [0.25, 0.3) is 0 Å². The predicted molar refractivity (Wildman–Crippen MR) is 149 cm³/mol. The number of carbonyl (C=O) groups is 3. The average Bonchev–Trinajstić information content (AvgIpc) is 2.91. The Morgan fingerprint density at radius 3 is 2.16 bits per heavy atom. The molecule has 0 aliphatic carbocycles. The molecule has 198 valence electrons. The highest BCUT2D eigenvalue weighted by molar-refractivity contribution is 5.98. The quantitative estimate of drug-likeness (QED) is 0.326. The van der Waals surface area contributed by atoms with Crippen molar-refractivity contribution in [1.29, 1.82) is 0 Å². The van der Waals surface area contributed by atoms with Crippen LogP contribution < -0.4 is 20.1 Å². The molecule has 0 bridgehead atoms. The average molecular weight is 516 g/mol. The summed E-state index contributed by atoms with van der Waals surface area (Å²) in [7, 11) is 0. The Balaban J connectivity index is 1.59. The molecular formula is C30H33N3O5. The van der Waals surface area contributed by atoms with Crippen molar-refractivity contribution in [2.45, 2.75) is 27.4 Å². The van der Waals surface area contributed by atoms with Crippen molar-refractivity contribution in [3.05, 3.63) is 90.0 Å². The van der Waals surface area contributed by atoms with Crippen LogP contribution in [-0.2, 0) is 21.0 Å². The number of nitrogens with one attached hydrogen (secondary N) is 2. The summed E-state index contributed by atoms with van der Waals surface area (Å²) in [5, 5.41) is 5.44. The Kier molecular flexibility index (Phi) is 10.5. The monoisotopic (exact) mass is 515 g/mol. The maximum atomic E-state index is 12.8. The smallest absolute Gasteiger partial charge is 0.247 e. The summed E-state index contributed by atoms with van der Waals surface area (Å²) in [6.45, 7) is 6.30. The largest absolute Gasteiger partial charge is 0.490 e. The fourth-order valence-corrected chi connectivity index (χ4v) is 3.58. The molecule has 0 saturated heterocycles. The second kappa shape index (κ2) is 14.2. The summed E-state index contributed by atoms with van der Waals surface area (Å²) in [6, 6.07) is 22.1. The van der Waals surface area contributed by atoms with Crippen molar-refractivity contribution in [3.8, 4) is 11.5 Å². The number of hydrogen-bond acceptors (Lipinski definition) is 5. The fraction of sp³-hybridized carbons (Fsp3) is 0.233. The molecule has 0 aliphatic rings. The normalized spacial score (nSPS) is 10.6. The minimum atomic E-state index is -0.320. The lowest BCUT2D eigenvalue weighted by Crippen LogP contribution is -2.36. The van der Waals surface area contributed by atoms with E-state index in [1.165, 1.54) is 17.9 Å². The van der Waals surface area contributed by atoms with Gasteiger partial charge in [0.2, 0.25) is 17.7 Å². The molecule has 0 unspecified atom stereocenters. The van der Waals surface area contributed by atoms with E-state index in [9.17, 15) is 14.4 Å². The van der Waals surface area contributed by atoms with E-state index in [1.807, 2.05) is 62.4 Å². The third-order valence-electron chi connectivity index (χ3n) is 5.44. The number of carbonyl (C=O) groups excluding carboxylic acids is 3. The van der Waals surface area contributed by atoms with Gasteiger partial charge in [-0.1, -0.05) is 36.4 Å². The van der Waals surface area contributed by atoms with E-state index in [0.29, 0.717) is 42.6 Å². The van der Waals surface area contributed by atoms with E-state index in [2.05, 4.69) is 10.6 Å². The van der Waals surface area contributed by atoms with Crippen molar-refractivity contribution in [3.63, 3.8) is 0 Å². The van der Waals surface area contributed by atoms with Crippen LogP contribution in [-0.4, -0.2) is 42.3 Å². The molecule has 8 heteroatoms. The van der Waals surface area contributed by atoms with E-state index in [0.717, 1.165) is 11.1 Å². The van der Waals surface area contributed by atoms with Gasteiger partial charge in [-0.05, 0) is 67.4 Å². The summed E-state index contributed by atoms with van der Waals surface area (Å²) in [5.41, 5.74) is 3.03. The molecule has 0 aromatic heterocycles. The predicted octanol–water partition coefficient (Wildman–Crippen LogP) is 5.12. The van der Waals surface area contributed by atoms with Crippen molar-refractivity contribution >= 4 is 35.2 Å². The van der Waals surface area contributed by atoms with Crippen molar-refractivity contribution in [2.24, 2.45) is 0 Å². The van der Waals surface area contributed by atoms with Gasteiger partial charge in [-0.25, -0.2) is 0 Å². The van der Waals surface area contributed by atoms with Gasteiger partial charge in [-0.3, -0.25) is 14.4 Å². The topological polar surface area (TPSA) is 97.0 Å². The van der Waals surface area contributed by atoms with E-state index in [1.54, 1.807) is 30.3 Å². The zero-order valence-electron chi connectivity index (χ0n) is 21.9. The highest BCUT2D eigenvalue weighted by Crippen LogP contribution is 2.30. The molecule has 0 spiro atoms. The standard InChI is InChI=1S/C30H33N3O5/c1-4-33(20-29(35)32-26-15-13-25(14-16-26)31-22(3)34)30(36)18-12-23-11-17-27(28(19-23)37-5-2)38-21-24-9-7-6-8-10-24/h6-19H,4-5,20-21H2,1-3H3,(H,31,34)(H,32,35)/b18-12+. The van der Waals surface area contributed by atoms with E-state index in [-0.39, 0.29) is 24.3 Å². The van der Waals surface area contributed by atoms with Crippen molar-refractivity contribution < 1.29 is 23.9 Å². The molecule has 38 heavy (non-hydrogen) atoms. The molecule has 0 saturated carbocycles. The molecule has 2 N–H and O–H groups in total. The van der Waals surface area contributed by atoms with E-state index >= 15 is 0 Å². The first-order valence-corrected chi connectivity index (χ1v) is 12.5. The Morgan fingerprint density at radius 2 is 1.53 bits per heavy atom. The number of hydrogen-bond donors (Lipinski definition) is 2. The fourth-order valence-electron chi connectivity index (χ4n) is 3.58. The molecule has 0 radical (unpaired) electrons. The third kappa shape index (κ3) is 8.81. The minimum absolute atomic E-state index is 0.0937. The SMILES string of the molecule is CCOc1cc(/C=C/C(=O)N(CC)CC(=O)Nc2ccc(NC(C)=O)cc2)ccc1OCc1ccccc1. The van der Waals surface area contributed by atoms with Gasteiger partial charge in [-0.2, -0.15) is 0 Å². The van der Waals surface area contributed by atoms with Crippen molar-refractivity contribution in [1.82, 2.24) is 4.90 Å². The van der Waals surface area contributed by atoms with Crippen LogP contribution >= 0.6 is 0 Å². The van der Waals surface area contributed by atoms with Gasteiger partial charge in [0.15, 0.2) is 11.5 Å². The Labute approximate surface area is 223 Å². The lowest BCUT2D eigenvalue weighted by atomic mass is 10.1. The van der Waals surface area contributed by atoms with Gasteiger partial charge in [0.05, 0.1) is 6.61 Å². The zero-order chi connectivity index (χ0) is 27.3.